The summed E-state index contributed by atoms with van der Waals surface area (Å²) in [7, 11) is -3.09. The molecule has 0 radical (unpaired) electrons. The van der Waals surface area contributed by atoms with E-state index in [1.165, 1.54) is 5.82 Å². The molecule has 0 unspecified atom stereocenters. The molecule has 1 aromatic carbocycles. The van der Waals surface area contributed by atoms with Gasteiger partial charge in [0.15, 0.2) is 0 Å². The number of hydrogen-bond donors (Lipinski definition) is 0. The average Bonchev–Trinajstić information content (AvgIpc) is 2.29. The highest BCUT2D eigenvalue weighted by Crippen LogP contribution is 2.50. The van der Waals surface area contributed by atoms with Crippen LogP contribution in [0, 0.1) is 6.92 Å². The minimum atomic E-state index is -3.09. The zero-order chi connectivity index (χ0) is 12.7. The van der Waals surface area contributed by atoms with Gasteiger partial charge in [-0.25, -0.2) is 0 Å². The maximum atomic E-state index is 12.2. The molecule has 0 saturated carbocycles. The summed E-state index contributed by atoms with van der Waals surface area (Å²) < 4.78 is 22.5. The monoisotopic (exact) mass is 254 g/mol. The van der Waals surface area contributed by atoms with Crippen LogP contribution in [0.1, 0.15) is 25.0 Å². The van der Waals surface area contributed by atoms with Gasteiger partial charge in [-0.3, -0.25) is 4.57 Å². The van der Waals surface area contributed by atoms with Crippen molar-refractivity contribution in [3.63, 3.8) is 0 Å². The highest BCUT2D eigenvalue weighted by molar-refractivity contribution is 7.57. The van der Waals surface area contributed by atoms with Gasteiger partial charge < -0.3 is 9.05 Å². The van der Waals surface area contributed by atoms with Gasteiger partial charge in [-0.2, -0.15) is 0 Å². The van der Waals surface area contributed by atoms with Gasteiger partial charge in [-0.15, -0.1) is 0 Å². The first-order chi connectivity index (χ1) is 8.11. The molecule has 0 fully saturated rings. The van der Waals surface area contributed by atoms with Crippen molar-refractivity contribution in [2.24, 2.45) is 0 Å². The zero-order valence-electron chi connectivity index (χ0n) is 10.6. The van der Waals surface area contributed by atoms with E-state index in [0.717, 1.165) is 11.1 Å². The van der Waals surface area contributed by atoms with Crippen LogP contribution in [-0.2, 0) is 13.6 Å². The Morgan fingerprint density at radius 3 is 2.29 bits per heavy atom. The number of rotatable bonds is 6. The molecular formula is C13H19O3P. The van der Waals surface area contributed by atoms with Crippen LogP contribution < -0.4 is 0 Å². The van der Waals surface area contributed by atoms with Gasteiger partial charge in [0, 0.05) is 5.82 Å². The van der Waals surface area contributed by atoms with Crippen molar-refractivity contribution in [3.05, 3.63) is 41.2 Å². The lowest BCUT2D eigenvalue weighted by Crippen LogP contribution is -1.92. The van der Waals surface area contributed by atoms with Crippen LogP contribution in [0.2, 0.25) is 0 Å². The van der Waals surface area contributed by atoms with Crippen LogP contribution in [0.25, 0.3) is 6.08 Å². The molecule has 0 atom stereocenters. The van der Waals surface area contributed by atoms with Crippen LogP contribution in [0.5, 0.6) is 0 Å². The van der Waals surface area contributed by atoms with E-state index in [9.17, 15) is 4.57 Å². The first-order valence-electron chi connectivity index (χ1n) is 5.75. The van der Waals surface area contributed by atoms with E-state index >= 15 is 0 Å². The van der Waals surface area contributed by atoms with Crippen molar-refractivity contribution in [1.82, 2.24) is 0 Å². The highest BCUT2D eigenvalue weighted by atomic mass is 31.2. The molecule has 0 aliphatic heterocycles. The highest BCUT2D eigenvalue weighted by Gasteiger charge is 2.18. The minimum absolute atomic E-state index is 0.370. The third-order valence-corrected chi connectivity index (χ3v) is 3.99. The molecule has 0 heterocycles. The number of aryl methyl sites for hydroxylation is 1. The van der Waals surface area contributed by atoms with Crippen molar-refractivity contribution in [2.45, 2.75) is 20.8 Å². The molecule has 0 bridgehead atoms. The summed E-state index contributed by atoms with van der Waals surface area (Å²) in [5.74, 6) is 1.53. The van der Waals surface area contributed by atoms with Gasteiger partial charge in [-0.05, 0) is 38.0 Å². The van der Waals surface area contributed by atoms with Crippen molar-refractivity contribution >= 4 is 13.7 Å². The van der Waals surface area contributed by atoms with Crippen molar-refractivity contribution in [3.8, 4) is 0 Å². The molecule has 94 valence electrons. The lowest BCUT2D eigenvalue weighted by atomic mass is 10.1. The van der Waals surface area contributed by atoms with Gasteiger partial charge in [0.05, 0.1) is 13.2 Å². The maximum Gasteiger partial charge on any atom is 0.354 e. The number of benzene rings is 1. The SMILES string of the molecule is CCOP(=O)(C=Cc1ccccc1C)OCC. The normalized spacial score (nSPS) is 12.2. The molecular weight excluding hydrogens is 235 g/mol. The third-order valence-electron chi connectivity index (χ3n) is 2.24. The molecule has 1 aromatic rings. The van der Waals surface area contributed by atoms with E-state index in [-0.39, 0.29) is 0 Å². The largest absolute Gasteiger partial charge is 0.354 e. The Hall–Kier alpha value is -0.890. The molecule has 4 heteroatoms. The van der Waals surface area contributed by atoms with E-state index in [4.69, 9.17) is 9.05 Å². The Morgan fingerprint density at radius 2 is 1.76 bits per heavy atom. The van der Waals surface area contributed by atoms with Crippen molar-refractivity contribution < 1.29 is 13.6 Å². The summed E-state index contributed by atoms with van der Waals surface area (Å²) in [5.41, 5.74) is 2.15. The van der Waals surface area contributed by atoms with Crippen LogP contribution in [0.15, 0.2) is 30.1 Å². The average molecular weight is 254 g/mol. The molecule has 17 heavy (non-hydrogen) atoms. The van der Waals surface area contributed by atoms with Crippen LogP contribution >= 0.6 is 7.60 Å². The fourth-order valence-corrected chi connectivity index (χ4v) is 2.74. The zero-order valence-corrected chi connectivity index (χ0v) is 11.4. The molecule has 0 saturated heterocycles. The van der Waals surface area contributed by atoms with Gasteiger partial charge in [-0.1, -0.05) is 24.3 Å². The fraction of sp³-hybridized carbons (Fsp3) is 0.385. The second kappa shape index (κ2) is 6.75. The van der Waals surface area contributed by atoms with Gasteiger partial charge in [0.25, 0.3) is 0 Å². The van der Waals surface area contributed by atoms with Crippen LogP contribution in [-0.4, -0.2) is 13.2 Å². The third kappa shape index (κ3) is 4.47. The molecule has 0 aromatic heterocycles. The minimum Gasteiger partial charge on any atom is -0.306 e. The Bertz CT molecular complexity index is 416. The summed E-state index contributed by atoms with van der Waals surface area (Å²) in [5, 5.41) is 0. The first kappa shape index (κ1) is 14.2. The van der Waals surface area contributed by atoms with Gasteiger partial charge >= 0.3 is 7.60 Å². The fourth-order valence-electron chi connectivity index (χ4n) is 1.43. The summed E-state index contributed by atoms with van der Waals surface area (Å²) in [4.78, 5) is 0. The lowest BCUT2D eigenvalue weighted by molar-refractivity contribution is 0.229. The molecule has 0 N–H and O–H groups in total. The van der Waals surface area contributed by atoms with Crippen LogP contribution in [0.4, 0.5) is 0 Å². The summed E-state index contributed by atoms with van der Waals surface area (Å²) in [6.07, 6.45) is 1.79. The Balaban J connectivity index is 2.87. The van der Waals surface area contributed by atoms with Crippen molar-refractivity contribution in [1.29, 1.82) is 0 Å². The maximum absolute atomic E-state index is 12.2. The van der Waals surface area contributed by atoms with E-state index in [2.05, 4.69) is 0 Å². The molecule has 1 rings (SSSR count). The second-order valence-corrected chi connectivity index (χ2v) is 5.44. The molecule has 0 aliphatic carbocycles. The van der Waals surface area contributed by atoms with E-state index in [0.29, 0.717) is 13.2 Å². The predicted octanol–water partition coefficient (Wildman–Crippen LogP) is 4.23. The van der Waals surface area contributed by atoms with E-state index < -0.39 is 7.60 Å². The van der Waals surface area contributed by atoms with Crippen molar-refractivity contribution in [2.75, 3.05) is 13.2 Å². The van der Waals surface area contributed by atoms with Gasteiger partial charge in [0.2, 0.25) is 0 Å². The molecule has 0 amide bonds. The van der Waals surface area contributed by atoms with Crippen LogP contribution in [0.3, 0.4) is 0 Å². The topological polar surface area (TPSA) is 35.5 Å². The Kier molecular flexibility index (Phi) is 5.63. The summed E-state index contributed by atoms with van der Waals surface area (Å²) >= 11 is 0. The molecule has 0 spiro atoms. The van der Waals surface area contributed by atoms with E-state index in [1.54, 1.807) is 19.9 Å². The summed E-state index contributed by atoms with van der Waals surface area (Å²) in [6, 6.07) is 7.89. The standard InChI is InChI=1S/C13H19O3P/c1-4-15-17(14,16-5-2)11-10-13-9-7-6-8-12(13)3/h6-11H,4-5H2,1-3H3. The van der Waals surface area contributed by atoms with Gasteiger partial charge in [0.1, 0.15) is 0 Å². The quantitative estimate of drug-likeness (QED) is 0.712. The number of hydrogen-bond acceptors (Lipinski definition) is 3. The second-order valence-electron chi connectivity index (χ2n) is 3.55. The molecule has 3 nitrogen and oxygen atoms in total. The Labute approximate surface area is 103 Å². The lowest BCUT2D eigenvalue weighted by Gasteiger charge is -2.12. The predicted molar refractivity (Wildman–Crippen MR) is 71.1 cm³/mol. The first-order valence-corrected chi connectivity index (χ1v) is 7.36. The summed E-state index contributed by atoms with van der Waals surface area (Å²) in [6.45, 7) is 6.34. The van der Waals surface area contributed by atoms with E-state index in [1.807, 2.05) is 31.2 Å². The smallest absolute Gasteiger partial charge is 0.306 e. The Morgan fingerprint density at radius 1 is 1.18 bits per heavy atom. The molecule has 0 aliphatic rings.